The van der Waals surface area contributed by atoms with Gasteiger partial charge in [-0.1, -0.05) is 6.07 Å². The van der Waals surface area contributed by atoms with Crippen molar-refractivity contribution in [2.24, 2.45) is 0 Å². The fourth-order valence-electron chi connectivity index (χ4n) is 0.944. The molecule has 4 N–H and O–H groups in total. The van der Waals surface area contributed by atoms with Crippen molar-refractivity contribution in [3.8, 4) is 11.5 Å². The van der Waals surface area contributed by atoms with E-state index in [1.165, 1.54) is 18.2 Å². The molecule has 0 aliphatic heterocycles. The highest BCUT2D eigenvalue weighted by Crippen LogP contribution is 2.14. The molecule has 0 aliphatic rings. The lowest BCUT2D eigenvalue weighted by molar-refractivity contribution is 0.0222. The molecule has 1 rings (SSSR count). The van der Waals surface area contributed by atoms with Gasteiger partial charge in [-0.2, -0.15) is 0 Å². The maximum Gasteiger partial charge on any atom is 0.119 e. The van der Waals surface area contributed by atoms with E-state index in [0.717, 1.165) is 0 Å². The molecular weight excluding hydrogens is 240 g/mol. The number of aliphatic hydroxyl groups excluding tert-OH is 2. The SMILES string of the molecule is OCCOCCOCCO.Oc1cccc(O)c1. The molecule has 0 aromatic heterocycles. The van der Waals surface area contributed by atoms with E-state index in [9.17, 15) is 0 Å². The highest BCUT2D eigenvalue weighted by molar-refractivity contribution is 5.30. The van der Waals surface area contributed by atoms with Gasteiger partial charge in [-0.25, -0.2) is 0 Å². The van der Waals surface area contributed by atoms with Crippen molar-refractivity contribution in [1.29, 1.82) is 0 Å². The van der Waals surface area contributed by atoms with E-state index in [-0.39, 0.29) is 24.7 Å². The summed E-state index contributed by atoms with van der Waals surface area (Å²) in [5, 5.41) is 33.8. The number of phenols is 2. The summed E-state index contributed by atoms with van der Waals surface area (Å²) in [7, 11) is 0. The monoisotopic (exact) mass is 260 g/mol. The summed E-state index contributed by atoms with van der Waals surface area (Å²) in [6.07, 6.45) is 0. The first kappa shape index (κ1) is 16.7. The van der Waals surface area contributed by atoms with Gasteiger partial charge in [-0.15, -0.1) is 0 Å². The Kier molecular flexibility index (Phi) is 11.2. The predicted molar refractivity (Wildman–Crippen MR) is 65.6 cm³/mol. The van der Waals surface area contributed by atoms with E-state index < -0.39 is 0 Å². The van der Waals surface area contributed by atoms with Gasteiger partial charge >= 0.3 is 0 Å². The van der Waals surface area contributed by atoms with Gasteiger partial charge in [0.25, 0.3) is 0 Å². The van der Waals surface area contributed by atoms with Crippen LogP contribution in [0.15, 0.2) is 24.3 Å². The van der Waals surface area contributed by atoms with Gasteiger partial charge in [-0.05, 0) is 12.1 Å². The first-order valence-corrected chi connectivity index (χ1v) is 5.56. The Morgan fingerprint density at radius 2 is 1.22 bits per heavy atom. The minimum absolute atomic E-state index is 0.0417. The van der Waals surface area contributed by atoms with E-state index >= 15 is 0 Å². The van der Waals surface area contributed by atoms with Gasteiger partial charge < -0.3 is 29.9 Å². The number of aliphatic hydroxyl groups is 2. The lowest BCUT2D eigenvalue weighted by Crippen LogP contribution is -2.09. The zero-order valence-electron chi connectivity index (χ0n) is 10.2. The van der Waals surface area contributed by atoms with Crippen LogP contribution in [0.2, 0.25) is 0 Å². The van der Waals surface area contributed by atoms with Crippen molar-refractivity contribution in [1.82, 2.24) is 0 Å². The van der Waals surface area contributed by atoms with Crippen molar-refractivity contribution in [2.45, 2.75) is 0 Å². The molecule has 18 heavy (non-hydrogen) atoms. The summed E-state index contributed by atoms with van der Waals surface area (Å²) >= 11 is 0. The Hall–Kier alpha value is -1.34. The van der Waals surface area contributed by atoms with Gasteiger partial charge in [0.2, 0.25) is 0 Å². The highest BCUT2D eigenvalue weighted by Gasteiger charge is 1.87. The largest absolute Gasteiger partial charge is 0.508 e. The molecule has 0 saturated carbocycles. The molecule has 0 spiro atoms. The van der Waals surface area contributed by atoms with Gasteiger partial charge in [0.05, 0.1) is 39.6 Å². The number of benzene rings is 1. The number of phenolic OH excluding ortho intramolecular Hbond substituents is 2. The van der Waals surface area contributed by atoms with Crippen molar-refractivity contribution < 1.29 is 29.9 Å². The number of hydrogen-bond acceptors (Lipinski definition) is 6. The van der Waals surface area contributed by atoms with Crippen LogP contribution in [-0.2, 0) is 9.47 Å². The highest BCUT2D eigenvalue weighted by atomic mass is 16.5. The van der Waals surface area contributed by atoms with Crippen LogP contribution < -0.4 is 0 Å². The van der Waals surface area contributed by atoms with Crippen LogP contribution in [0.3, 0.4) is 0 Å². The first-order valence-electron chi connectivity index (χ1n) is 5.56. The second-order valence-corrected chi connectivity index (χ2v) is 3.19. The lowest BCUT2D eigenvalue weighted by atomic mass is 10.3. The van der Waals surface area contributed by atoms with Crippen LogP contribution >= 0.6 is 0 Å². The predicted octanol–water partition coefficient (Wildman–Crippen LogP) is 0.102. The molecule has 0 radical (unpaired) electrons. The zero-order valence-corrected chi connectivity index (χ0v) is 10.2. The molecule has 0 bridgehead atoms. The minimum Gasteiger partial charge on any atom is -0.508 e. The summed E-state index contributed by atoms with van der Waals surface area (Å²) in [5.74, 6) is 0.176. The Morgan fingerprint density at radius 3 is 1.50 bits per heavy atom. The average Bonchev–Trinajstić information content (AvgIpc) is 2.34. The third kappa shape index (κ3) is 11.2. The van der Waals surface area contributed by atoms with Crippen molar-refractivity contribution >= 4 is 0 Å². The molecule has 1 aromatic carbocycles. The lowest BCUT2D eigenvalue weighted by Gasteiger charge is -2.01. The summed E-state index contributed by atoms with van der Waals surface area (Å²) in [5.41, 5.74) is 0. The molecular formula is C12H20O6. The molecule has 6 nitrogen and oxygen atoms in total. The smallest absolute Gasteiger partial charge is 0.119 e. The van der Waals surface area contributed by atoms with E-state index in [2.05, 4.69) is 0 Å². The third-order valence-electron chi connectivity index (χ3n) is 1.67. The molecule has 0 unspecified atom stereocenters. The Labute approximate surface area is 106 Å². The van der Waals surface area contributed by atoms with Crippen molar-refractivity contribution in [3.63, 3.8) is 0 Å². The zero-order chi connectivity index (χ0) is 13.6. The number of rotatable bonds is 7. The van der Waals surface area contributed by atoms with Crippen LogP contribution in [-0.4, -0.2) is 60.1 Å². The number of ether oxygens (including phenoxy) is 2. The maximum absolute atomic E-state index is 8.65. The molecule has 104 valence electrons. The van der Waals surface area contributed by atoms with Crippen molar-refractivity contribution in [2.75, 3.05) is 39.6 Å². The summed E-state index contributed by atoms with van der Waals surface area (Å²) in [4.78, 5) is 0. The molecule has 0 heterocycles. The topological polar surface area (TPSA) is 99.4 Å². The summed E-state index contributed by atoms with van der Waals surface area (Å²) in [6, 6.07) is 5.85. The second kappa shape index (κ2) is 12.1. The fourth-order valence-corrected chi connectivity index (χ4v) is 0.944. The maximum atomic E-state index is 8.65. The van der Waals surface area contributed by atoms with Crippen molar-refractivity contribution in [3.05, 3.63) is 24.3 Å². The van der Waals surface area contributed by atoms with Gasteiger partial charge in [0.1, 0.15) is 11.5 Å². The molecule has 0 atom stereocenters. The number of hydrogen-bond donors (Lipinski definition) is 4. The van der Waals surface area contributed by atoms with Crippen LogP contribution in [0.25, 0.3) is 0 Å². The summed E-state index contributed by atoms with van der Waals surface area (Å²) < 4.78 is 9.75. The van der Waals surface area contributed by atoms with Crippen LogP contribution in [0.5, 0.6) is 11.5 Å². The molecule has 0 aliphatic carbocycles. The van der Waals surface area contributed by atoms with E-state index in [1.807, 2.05) is 0 Å². The molecule has 0 fully saturated rings. The normalized spacial score (nSPS) is 9.67. The van der Waals surface area contributed by atoms with E-state index in [4.69, 9.17) is 29.9 Å². The van der Waals surface area contributed by atoms with Crippen LogP contribution in [0.1, 0.15) is 0 Å². The Morgan fingerprint density at radius 1 is 0.778 bits per heavy atom. The molecule has 0 amide bonds. The standard InChI is InChI=1S/C6H14O4.C6H6O2/c7-1-3-9-5-6-10-4-2-8;7-5-2-1-3-6(8)4-5/h7-8H,1-6H2;1-4,7-8H. The van der Waals surface area contributed by atoms with Gasteiger partial charge in [0.15, 0.2) is 0 Å². The van der Waals surface area contributed by atoms with E-state index in [1.54, 1.807) is 6.07 Å². The molecule has 1 aromatic rings. The molecule has 0 saturated heterocycles. The summed E-state index contributed by atoms with van der Waals surface area (Å²) in [6.45, 7) is 1.73. The molecule has 6 heteroatoms. The third-order valence-corrected chi connectivity index (χ3v) is 1.67. The van der Waals surface area contributed by atoms with Crippen LogP contribution in [0.4, 0.5) is 0 Å². The fraction of sp³-hybridized carbons (Fsp3) is 0.500. The van der Waals surface area contributed by atoms with Gasteiger partial charge in [0, 0.05) is 6.07 Å². The van der Waals surface area contributed by atoms with E-state index in [0.29, 0.717) is 26.4 Å². The van der Waals surface area contributed by atoms with Crippen LogP contribution in [0, 0.1) is 0 Å². The average molecular weight is 260 g/mol. The Balaban J connectivity index is 0.000000327. The Bertz CT molecular complexity index is 266. The first-order chi connectivity index (χ1) is 8.70. The van der Waals surface area contributed by atoms with Gasteiger partial charge in [-0.3, -0.25) is 0 Å². The number of aromatic hydroxyl groups is 2. The quantitative estimate of drug-likeness (QED) is 0.519. The second-order valence-electron chi connectivity index (χ2n) is 3.19. The minimum atomic E-state index is 0.0417.